The number of anilines is 1. The van der Waals surface area contributed by atoms with Crippen LogP contribution in [0.1, 0.15) is 38.2 Å². The highest BCUT2D eigenvalue weighted by atomic mass is 16.2. The minimum Gasteiger partial charge on any atom is -0.372 e. The summed E-state index contributed by atoms with van der Waals surface area (Å²) in [5.74, 6) is 0.202. The number of nitrogens with zero attached hydrogens (tertiary/aromatic N) is 1. The lowest BCUT2D eigenvalue weighted by Crippen LogP contribution is -2.49. The summed E-state index contributed by atoms with van der Waals surface area (Å²) in [4.78, 5) is 15.2. The Morgan fingerprint density at radius 2 is 1.68 bits per heavy atom. The Morgan fingerprint density at radius 3 is 2.24 bits per heavy atom. The van der Waals surface area contributed by atoms with Crippen LogP contribution in [-0.2, 0) is 10.2 Å². The molecule has 1 fully saturated rings. The molecule has 0 heterocycles. The Morgan fingerprint density at radius 1 is 1.04 bits per heavy atom. The topological polar surface area (TPSA) is 32.3 Å². The number of hydrogen-bond acceptors (Lipinski definition) is 2. The number of amides is 1. The van der Waals surface area contributed by atoms with Gasteiger partial charge in [0, 0.05) is 25.3 Å². The van der Waals surface area contributed by atoms with Crippen molar-refractivity contribution in [3.8, 4) is 0 Å². The third-order valence-corrected chi connectivity index (χ3v) is 5.36. The van der Waals surface area contributed by atoms with Crippen molar-refractivity contribution in [2.45, 2.75) is 38.0 Å². The third-order valence-electron chi connectivity index (χ3n) is 5.36. The Hall–Kier alpha value is -2.29. The lowest BCUT2D eigenvalue weighted by Gasteiger charge is -2.40. The highest BCUT2D eigenvalue weighted by Gasteiger charge is 2.45. The highest BCUT2D eigenvalue weighted by molar-refractivity contribution is 5.89. The average molecular weight is 336 g/mol. The molecule has 132 valence electrons. The Bertz CT molecular complexity index is 665. The van der Waals surface area contributed by atoms with Gasteiger partial charge in [-0.1, -0.05) is 55.0 Å². The number of rotatable bonds is 8. The fourth-order valence-corrected chi connectivity index (χ4v) is 3.68. The van der Waals surface area contributed by atoms with Crippen molar-refractivity contribution in [1.29, 1.82) is 0 Å². The van der Waals surface area contributed by atoms with Gasteiger partial charge in [-0.15, -0.1) is 0 Å². The molecule has 3 rings (SSSR count). The summed E-state index contributed by atoms with van der Waals surface area (Å²) in [6.07, 6.45) is 4.03. The van der Waals surface area contributed by atoms with Crippen LogP contribution in [0.5, 0.6) is 0 Å². The van der Waals surface area contributed by atoms with E-state index in [-0.39, 0.29) is 11.3 Å². The van der Waals surface area contributed by atoms with E-state index in [1.54, 1.807) is 0 Å². The number of hydrogen-bond donors (Lipinski definition) is 1. The van der Waals surface area contributed by atoms with Gasteiger partial charge in [-0.3, -0.25) is 4.79 Å². The number of carbonyl (C=O) groups is 1. The van der Waals surface area contributed by atoms with Crippen molar-refractivity contribution in [1.82, 2.24) is 5.32 Å². The third kappa shape index (κ3) is 3.87. The molecule has 2 aromatic rings. The first-order valence-electron chi connectivity index (χ1n) is 9.40. The SMILES string of the molecule is CCN(CCCNC(=O)C1(c2ccccc2)CCC1)c1ccccc1. The van der Waals surface area contributed by atoms with E-state index >= 15 is 0 Å². The summed E-state index contributed by atoms with van der Waals surface area (Å²) in [5, 5.41) is 3.19. The van der Waals surface area contributed by atoms with Crippen LogP contribution in [-0.4, -0.2) is 25.5 Å². The second-order valence-electron chi connectivity index (χ2n) is 6.83. The zero-order valence-electron chi connectivity index (χ0n) is 15.1. The smallest absolute Gasteiger partial charge is 0.230 e. The highest BCUT2D eigenvalue weighted by Crippen LogP contribution is 2.43. The molecule has 0 aliphatic heterocycles. The molecule has 0 saturated heterocycles. The van der Waals surface area contributed by atoms with Crippen molar-refractivity contribution in [2.75, 3.05) is 24.5 Å². The molecule has 0 spiro atoms. The van der Waals surface area contributed by atoms with Gasteiger partial charge in [-0.25, -0.2) is 0 Å². The number of carbonyl (C=O) groups excluding carboxylic acids is 1. The maximum atomic E-state index is 12.8. The first kappa shape index (κ1) is 17.5. The maximum Gasteiger partial charge on any atom is 0.230 e. The van der Waals surface area contributed by atoms with E-state index in [9.17, 15) is 4.79 Å². The fraction of sp³-hybridized carbons (Fsp3) is 0.409. The second-order valence-corrected chi connectivity index (χ2v) is 6.83. The van der Waals surface area contributed by atoms with Gasteiger partial charge in [0.1, 0.15) is 0 Å². The summed E-state index contributed by atoms with van der Waals surface area (Å²) in [7, 11) is 0. The first-order valence-corrected chi connectivity index (χ1v) is 9.40. The lowest BCUT2D eigenvalue weighted by molar-refractivity contribution is -0.129. The van der Waals surface area contributed by atoms with Gasteiger partial charge in [0.25, 0.3) is 0 Å². The van der Waals surface area contributed by atoms with Crippen LogP contribution in [0.15, 0.2) is 60.7 Å². The Labute approximate surface area is 151 Å². The van der Waals surface area contributed by atoms with E-state index in [0.29, 0.717) is 0 Å². The van der Waals surface area contributed by atoms with E-state index in [4.69, 9.17) is 0 Å². The van der Waals surface area contributed by atoms with E-state index in [1.165, 1.54) is 11.3 Å². The number of benzene rings is 2. The summed E-state index contributed by atoms with van der Waals surface area (Å²) in [6.45, 7) is 4.84. The van der Waals surface area contributed by atoms with Crippen LogP contribution >= 0.6 is 0 Å². The quantitative estimate of drug-likeness (QED) is 0.735. The minimum absolute atomic E-state index is 0.202. The maximum absolute atomic E-state index is 12.8. The number of para-hydroxylation sites is 1. The van der Waals surface area contributed by atoms with Crippen molar-refractivity contribution in [2.24, 2.45) is 0 Å². The zero-order valence-corrected chi connectivity index (χ0v) is 15.1. The van der Waals surface area contributed by atoms with Crippen LogP contribution in [0.4, 0.5) is 5.69 Å². The zero-order chi connectivity index (χ0) is 17.5. The van der Waals surface area contributed by atoms with Crippen LogP contribution in [0.3, 0.4) is 0 Å². The molecule has 25 heavy (non-hydrogen) atoms. The van der Waals surface area contributed by atoms with Crippen molar-refractivity contribution < 1.29 is 4.79 Å². The van der Waals surface area contributed by atoms with Gasteiger partial charge in [0.05, 0.1) is 5.41 Å². The predicted octanol–water partition coefficient (Wildman–Crippen LogP) is 4.14. The van der Waals surface area contributed by atoms with Gasteiger partial charge < -0.3 is 10.2 Å². The molecule has 1 aliphatic carbocycles. The van der Waals surface area contributed by atoms with Gasteiger partial charge in [-0.2, -0.15) is 0 Å². The van der Waals surface area contributed by atoms with Gasteiger partial charge in [0.15, 0.2) is 0 Å². The average Bonchev–Trinajstić information content (AvgIpc) is 2.62. The Balaban J connectivity index is 1.51. The van der Waals surface area contributed by atoms with Gasteiger partial charge in [0.2, 0.25) is 5.91 Å². The molecule has 0 radical (unpaired) electrons. The standard InChI is InChI=1S/C22H28N2O/c1-2-24(20-13-7-4-8-14-20)18-10-17-23-21(25)22(15-9-16-22)19-11-5-3-6-12-19/h3-8,11-14H,2,9-10,15-18H2,1H3,(H,23,25). The molecule has 0 bridgehead atoms. The van der Waals surface area contributed by atoms with E-state index < -0.39 is 0 Å². The lowest BCUT2D eigenvalue weighted by atomic mass is 9.64. The summed E-state index contributed by atoms with van der Waals surface area (Å²) in [6, 6.07) is 20.7. The molecule has 3 heteroatoms. The van der Waals surface area contributed by atoms with E-state index in [1.807, 2.05) is 24.3 Å². The molecular formula is C22H28N2O. The minimum atomic E-state index is -0.287. The molecule has 0 atom stereocenters. The largest absolute Gasteiger partial charge is 0.372 e. The molecule has 1 saturated carbocycles. The summed E-state index contributed by atoms with van der Waals surface area (Å²) < 4.78 is 0. The van der Waals surface area contributed by atoms with Crippen LogP contribution < -0.4 is 10.2 Å². The molecule has 1 N–H and O–H groups in total. The molecule has 0 unspecified atom stereocenters. The van der Waals surface area contributed by atoms with Crippen LogP contribution in [0.25, 0.3) is 0 Å². The number of nitrogens with one attached hydrogen (secondary N) is 1. The van der Waals surface area contributed by atoms with Crippen molar-refractivity contribution in [3.63, 3.8) is 0 Å². The first-order chi connectivity index (χ1) is 12.3. The normalized spacial score (nSPS) is 15.2. The van der Waals surface area contributed by atoms with Crippen molar-refractivity contribution >= 4 is 11.6 Å². The van der Waals surface area contributed by atoms with E-state index in [2.05, 4.69) is 53.5 Å². The predicted molar refractivity (Wildman–Crippen MR) is 104 cm³/mol. The second kappa shape index (κ2) is 8.19. The molecule has 2 aromatic carbocycles. The van der Waals surface area contributed by atoms with Crippen LogP contribution in [0, 0.1) is 0 Å². The summed E-state index contributed by atoms with van der Waals surface area (Å²) in [5.41, 5.74) is 2.12. The molecule has 3 nitrogen and oxygen atoms in total. The van der Waals surface area contributed by atoms with Crippen molar-refractivity contribution in [3.05, 3.63) is 66.2 Å². The molecule has 0 aromatic heterocycles. The Kier molecular flexibility index (Phi) is 5.75. The van der Waals surface area contributed by atoms with Gasteiger partial charge in [-0.05, 0) is 43.9 Å². The fourth-order valence-electron chi connectivity index (χ4n) is 3.68. The van der Waals surface area contributed by atoms with E-state index in [0.717, 1.165) is 45.3 Å². The van der Waals surface area contributed by atoms with Crippen LogP contribution in [0.2, 0.25) is 0 Å². The molecular weight excluding hydrogens is 308 g/mol. The molecule has 1 aliphatic rings. The molecule has 1 amide bonds. The van der Waals surface area contributed by atoms with Gasteiger partial charge >= 0.3 is 0 Å². The monoisotopic (exact) mass is 336 g/mol. The summed E-state index contributed by atoms with van der Waals surface area (Å²) >= 11 is 0.